The van der Waals surface area contributed by atoms with Gasteiger partial charge in [-0.2, -0.15) is 0 Å². The summed E-state index contributed by atoms with van der Waals surface area (Å²) in [5.41, 5.74) is 0.836. The summed E-state index contributed by atoms with van der Waals surface area (Å²) in [5.74, 6) is -0.759. The minimum Gasteiger partial charge on any atom is -0.466 e. The minimum atomic E-state index is -2.96. The predicted molar refractivity (Wildman–Crippen MR) is 209 cm³/mol. The van der Waals surface area contributed by atoms with E-state index in [-0.39, 0.29) is 40.4 Å². The molecule has 8 heteroatoms. The number of carbonyl (C=O) groups excluding carboxylic acids is 2. The largest absolute Gasteiger partial charge is 0.466 e. The number of halogens is 2. The molecule has 4 aromatic carbocycles. The molecule has 5 nitrogen and oxygen atoms in total. The van der Waals surface area contributed by atoms with Crippen molar-refractivity contribution in [2.75, 3.05) is 13.7 Å². The topological polar surface area (TPSA) is 55.8 Å². The van der Waals surface area contributed by atoms with Crippen LogP contribution < -0.4 is 10.4 Å². The van der Waals surface area contributed by atoms with Crippen molar-refractivity contribution in [3.8, 4) is 0 Å². The Kier molecular flexibility index (Phi) is 10.7. The molecule has 2 aliphatic rings. The van der Waals surface area contributed by atoms with Gasteiger partial charge in [0.2, 0.25) is 5.91 Å². The number of hydrogen-bond donors (Lipinski definition) is 0. The van der Waals surface area contributed by atoms with Gasteiger partial charge in [0.25, 0.3) is 8.32 Å². The molecular formula is C43H47Cl2NO4Si. The van der Waals surface area contributed by atoms with E-state index in [4.69, 9.17) is 32.4 Å². The number of hydrogen-bond acceptors (Lipinski definition) is 4. The highest BCUT2D eigenvalue weighted by Gasteiger charge is 2.57. The number of carbonyl (C=O) groups is 2. The molecule has 1 saturated carbocycles. The Balaban J connectivity index is 1.54. The van der Waals surface area contributed by atoms with Crippen molar-refractivity contribution in [1.29, 1.82) is 0 Å². The van der Waals surface area contributed by atoms with Crippen LogP contribution in [0.1, 0.15) is 70.0 Å². The molecule has 4 aromatic rings. The predicted octanol–water partition coefficient (Wildman–Crippen LogP) is 9.14. The zero-order valence-electron chi connectivity index (χ0n) is 30.1. The monoisotopic (exact) mass is 739 g/mol. The molecule has 1 aliphatic carbocycles. The maximum Gasteiger partial charge on any atom is 0.334 e. The first kappa shape index (κ1) is 37.1. The first-order valence-corrected chi connectivity index (χ1v) is 20.3. The molecule has 4 atom stereocenters. The fourth-order valence-corrected chi connectivity index (χ4v) is 13.1. The van der Waals surface area contributed by atoms with Crippen LogP contribution >= 0.6 is 23.2 Å². The number of ether oxygens (including phenoxy) is 1. The molecule has 1 heterocycles. The Morgan fingerprint density at radius 2 is 1.47 bits per heavy atom. The summed E-state index contributed by atoms with van der Waals surface area (Å²) < 4.78 is 12.8. The molecule has 0 aromatic heterocycles. The Labute approximate surface area is 313 Å². The summed E-state index contributed by atoms with van der Waals surface area (Å²) in [6.45, 7) is 13.1. The van der Waals surface area contributed by atoms with E-state index in [9.17, 15) is 4.79 Å². The number of benzene rings is 4. The summed E-state index contributed by atoms with van der Waals surface area (Å²) in [4.78, 5) is 30.6. The summed E-state index contributed by atoms with van der Waals surface area (Å²) in [5, 5.41) is 3.33. The fourth-order valence-electron chi connectivity index (χ4n) is 8.19. The van der Waals surface area contributed by atoms with Gasteiger partial charge in [-0.05, 0) is 82.9 Å². The highest BCUT2D eigenvalue weighted by atomic mass is 35.5. The number of likely N-dealkylation sites (tertiary alicyclic amines) is 1. The van der Waals surface area contributed by atoms with E-state index >= 15 is 4.79 Å². The second-order valence-corrected chi connectivity index (χ2v) is 20.4. The molecule has 1 aliphatic heterocycles. The fraction of sp³-hybridized carbons (Fsp3) is 0.349. The molecule has 2 fully saturated rings. The Morgan fingerprint density at radius 1 is 0.882 bits per heavy atom. The van der Waals surface area contributed by atoms with Crippen molar-refractivity contribution in [2.45, 2.75) is 70.0 Å². The quantitative estimate of drug-likeness (QED) is 0.0875. The number of rotatable bonds is 11. The van der Waals surface area contributed by atoms with Crippen molar-refractivity contribution in [1.82, 2.24) is 4.90 Å². The third kappa shape index (κ3) is 7.08. The van der Waals surface area contributed by atoms with E-state index in [0.717, 1.165) is 24.0 Å². The average molecular weight is 741 g/mol. The third-order valence-corrected chi connectivity index (χ3v) is 16.5. The maximum absolute atomic E-state index is 15.4. The van der Waals surface area contributed by atoms with E-state index in [2.05, 4.69) is 81.9 Å². The summed E-state index contributed by atoms with van der Waals surface area (Å²) in [6, 6.07) is 36.1. The minimum absolute atomic E-state index is 0.143. The average Bonchev–Trinajstić information content (AvgIpc) is 3.97. The summed E-state index contributed by atoms with van der Waals surface area (Å²) in [6.07, 6.45) is 2.29. The Morgan fingerprint density at radius 3 is 1.98 bits per heavy atom. The van der Waals surface area contributed by atoms with Gasteiger partial charge in [-0.1, -0.05) is 135 Å². The lowest BCUT2D eigenvalue weighted by Crippen LogP contribution is -2.68. The van der Waals surface area contributed by atoms with Crippen LogP contribution in [0.25, 0.3) is 0 Å². The highest BCUT2D eigenvalue weighted by molar-refractivity contribution is 6.99. The molecule has 0 spiro atoms. The van der Waals surface area contributed by atoms with Gasteiger partial charge in [-0.25, -0.2) is 4.79 Å². The van der Waals surface area contributed by atoms with Gasteiger partial charge >= 0.3 is 5.97 Å². The molecular weight excluding hydrogens is 693 g/mol. The Bertz CT molecular complexity index is 1830. The third-order valence-electron chi connectivity index (χ3n) is 11.0. The first-order valence-electron chi connectivity index (χ1n) is 17.7. The zero-order valence-corrected chi connectivity index (χ0v) is 32.6. The number of piperidine rings is 1. The van der Waals surface area contributed by atoms with Gasteiger partial charge in [-0.3, -0.25) is 4.79 Å². The molecule has 0 radical (unpaired) electrons. The van der Waals surface area contributed by atoms with Crippen LogP contribution in [-0.2, 0) is 18.8 Å². The second-order valence-electron chi connectivity index (χ2n) is 15.3. The maximum atomic E-state index is 15.4. The van der Waals surface area contributed by atoms with Crippen LogP contribution in [0.3, 0.4) is 0 Å². The van der Waals surface area contributed by atoms with Gasteiger partial charge in [0.15, 0.2) is 0 Å². The van der Waals surface area contributed by atoms with Gasteiger partial charge in [0.1, 0.15) is 0 Å². The van der Waals surface area contributed by atoms with Gasteiger partial charge in [0.05, 0.1) is 31.2 Å². The number of esters is 1. The smallest absolute Gasteiger partial charge is 0.334 e. The lowest BCUT2D eigenvalue weighted by Gasteiger charge is -2.53. The SMILES string of the molecule is C=C(C(=O)OC)[C@@]1(C)C[C@H](c2cccc(Cl)c2)[C@@H](c2ccc(Cl)cc2)N([C@H](CO[Si](c2ccccc2)(c2ccccc2)C(C)(C)C)C2CC2)C1=O. The zero-order chi connectivity index (χ0) is 36.6. The molecule has 0 unspecified atom stereocenters. The van der Waals surface area contributed by atoms with Crippen LogP contribution in [0, 0.1) is 11.3 Å². The van der Waals surface area contributed by atoms with Crippen molar-refractivity contribution >= 4 is 53.8 Å². The number of amides is 1. The van der Waals surface area contributed by atoms with Crippen LogP contribution in [0.2, 0.25) is 15.1 Å². The van der Waals surface area contributed by atoms with E-state index in [1.807, 2.05) is 66.4 Å². The van der Waals surface area contributed by atoms with Gasteiger partial charge < -0.3 is 14.1 Å². The van der Waals surface area contributed by atoms with Crippen LogP contribution in [-0.4, -0.2) is 44.9 Å². The normalized spacial score (nSPS) is 21.6. The van der Waals surface area contributed by atoms with Crippen LogP contribution in [0.15, 0.2) is 121 Å². The van der Waals surface area contributed by atoms with E-state index < -0.39 is 19.7 Å². The van der Waals surface area contributed by atoms with Gasteiger partial charge in [-0.15, -0.1) is 0 Å². The highest BCUT2D eigenvalue weighted by Crippen LogP contribution is 2.55. The van der Waals surface area contributed by atoms with Crippen LogP contribution in [0.5, 0.6) is 0 Å². The molecule has 266 valence electrons. The first-order chi connectivity index (χ1) is 24.3. The second kappa shape index (κ2) is 14.7. The molecule has 0 bridgehead atoms. The van der Waals surface area contributed by atoms with E-state index in [0.29, 0.717) is 23.1 Å². The standard InChI is InChI=1S/C43H47Cl2NO4Si/c1-29(40(47)49-6)43(5)27-37(32-14-13-15-34(45)26-32)39(31-22-24-33(44)25-23-31)46(41(43)48)38(30-20-21-30)28-50-51(42(2,3)4,35-16-9-7-10-17-35)36-18-11-8-12-19-36/h7-19,22-26,30,37-39H,1,20-21,27-28H2,2-6H3/t37-,38-,39-,43-/m1/s1. The lowest BCUT2D eigenvalue weighted by molar-refractivity contribution is -0.157. The molecule has 51 heavy (non-hydrogen) atoms. The van der Waals surface area contributed by atoms with E-state index in [1.165, 1.54) is 17.5 Å². The number of methoxy groups -OCH3 is 1. The van der Waals surface area contributed by atoms with Crippen molar-refractivity contribution in [3.63, 3.8) is 0 Å². The van der Waals surface area contributed by atoms with Gasteiger partial charge in [0, 0.05) is 21.5 Å². The Hall–Kier alpha value is -3.68. The molecule has 0 N–H and O–H groups in total. The van der Waals surface area contributed by atoms with Crippen molar-refractivity contribution in [2.24, 2.45) is 11.3 Å². The van der Waals surface area contributed by atoms with Crippen LogP contribution in [0.4, 0.5) is 0 Å². The summed E-state index contributed by atoms with van der Waals surface area (Å²) in [7, 11) is -1.63. The summed E-state index contributed by atoms with van der Waals surface area (Å²) >= 11 is 13.1. The van der Waals surface area contributed by atoms with E-state index in [1.54, 1.807) is 0 Å². The van der Waals surface area contributed by atoms with Crippen molar-refractivity contribution < 1.29 is 18.8 Å². The molecule has 6 rings (SSSR count). The molecule has 1 saturated heterocycles. The van der Waals surface area contributed by atoms with Crippen molar-refractivity contribution in [3.05, 3.63) is 143 Å². The number of nitrogens with zero attached hydrogens (tertiary/aromatic N) is 1. The molecule has 1 amide bonds. The lowest BCUT2D eigenvalue weighted by atomic mass is 9.65.